The number of hydrazone groups is 1. The second-order valence-corrected chi connectivity index (χ2v) is 13.1. The van der Waals surface area contributed by atoms with Gasteiger partial charge in [-0.05, 0) is 53.4 Å². The van der Waals surface area contributed by atoms with Gasteiger partial charge in [0.15, 0.2) is 0 Å². The van der Waals surface area contributed by atoms with E-state index in [0.717, 1.165) is 23.8 Å². The molecule has 0 aromatic carbocycles. The van der Waals surface area contributed by atoms with Gasteiger partial charge in [-0.25, -0.2) is 5.43 Å². The summed E-state index contributed by atoms with van der Waals surface area (Å²) in [7, 11) is 7.95. The SMILES string of the molecule is CCSSC(C)CCCCSSC(C)(C)CCCC(=O)NN=C(C)C. The molecular weight excluding hydrogens is 388 g/mol. The fourth-order valence-electron chi connectivity index (χ4n) is 1.97. The van der Waals surface area contributed by atoms with E-state index in [9.17, 15) is 4.79 Å². The number of amides is 1. The summed E-state index contributed by atoms with van der Waals surface area (Å²) in [6, 6.07) is 0. The van der Waals surface area contributed by atoms with Gasteiger partial charge in [-0.1, -0.05) is 63.4 Å². The average Bonchev–Trinajstić information content (AvgIpc) is 2.54. The molecule has 7 heteroatoms. The van der Waals surface area contributed by atoms with Crippen LogP contribution in [0.2, 0.25) is 0 Å². The Hall–Kier alpha value is 0.540. The van der Waals surface area contributed by atoms with E-state index in [1.807, 2.05) is 57.0 Å². The van der Waals surface area contributed by atoms with E-state index in [0.29, 0.717) is 6.42 Å². The maximum absolute atomic E-state index is 11.7. The quantitative estimate of drug-likeness (QED) is 0.136. The fraction of sp³-hybridized carbons (Fsp3) is 0.889. The molecule has 0 fully saturated rings. The summed E-state index contributed by atoms with van der Waals surface area (Å²) in [6.07, 6.45) is 6.46. The molecule has 1 unspecified atom stereocenters. The minimum absolute atomic E-state index is 0.0166. The standard InChI is InChI=1S/C18H36N2OS4/c1-7-22-24-16(4)11-8-9-14-23-25-18(5,6)13-10-12-17(21)20-19-15(2)3/h16H,7-14H2,1-6H3,(H,20,21). The first-order valence-corrected chi connectivity index (χ1v) is 13.9. The summed E-state index contributed by atoms with van der Waals surface area (Å²) in [4.78, 5) is 11.7. The van der Waals surface area contributed by atoms with E-state index in [1.165, 1.54) is 30.8 Å². The molecule has 0 bridgehead atoms. The zero-order valence-electron chi connectivity index (χ0n) is 16.7. The molecule has 1 amide bonds. The van der Waals surface area contributed by atoms with Crippen LogP contribution >= 0.6 is 43.2 Å². The van der Waals surface area contributed by atoms with Gasteiger partial charge >= 0.3 is 0 Å². The van der Waals surface area contributed by atoms with Gasteiger partial charge in [0.1, 0.15) is 0 Å². The number of unbranched alkanes of at least 4 members (excludes halogenated alkanes) is 1. The maximum atomic E-state index is 11.7. The molecule has 0 radical (unpaired) electrons. The highest BCUT2D eigenvalue weighted by Gasteiger charge is 2.19. The predicted octanol–water partition coefficient (Wildman–Crippen LogP) is 6.79. The lowest BCUT2D eigenvalue weighted by Gasteiger charge is -2.23. The Kier molecular flexibility index (Phi) is 15.9. The topological polar surface area (TPSA) is 41.5 Å². The van der Waals surface area contributed by atoms with Crippen molar-refractivity contribution < 1.29 is 4.79 Å². The second-order valence-electron chi connectivity index (χ2n) is 6.92. The van der Waals surface area contributed by atoms with Crippen LogP contribution in [-0.2, 0) is 4.79 Å². The Morgan fingerprint density at radius 1 is 1.16 bits per heavy atom. The summed E-state index contributed by atoms with van der Waals surface area (Å²) < 4.78 is 0.218. The highest BCUT2D eigenvalue weighted by Crippen LogP contribution is 2.39. The Morgan fingerprint density at radius 3 is 2.52 bits per heavy atom. The smallest absolute Gasteiger partial charge is 0.240 e. The third kappa shape index (κ3) is 17.7. The highest BCUT2D eigenvalue weighted by molar-refractivity contribution is 8.77. The minimum atomic E-state index is 0.0166. The minimum Gasteiger partial charge on any atom is -0.273 e. The van der Waals surface area contributed by atoms with Crippen molar-refractivity contribution in [1.82, 2.24) is 5.43 Å². The lowest BCUT2D eigenvalue weighted by Crippen LogP contribution is -2.20. The van der Waals surface area contributed by atoms with Crippen molar-refractivity contribution >= 4 is 54.8 Å². The van der Waals surface area contributed by atoms with Crippen molar-refractivity contribution in [3.05, 3.63) is 0 Å². The van der Waals surface area contributed by atoms with Gasteiger partial charge in [0, 0.05) is 33.6 Å². The molecule has 0 aromatic heterocycles. The molecule has 1 N–H and O–H groups in total. The average molecular weight is 425 g/mol. The first kappa shape index (κ1) is 25.5. The normalized spacial score (nSPS) is 12.7. The van der Waals surface area contributed by atoms with Crippen LogP contribution in [0, 0.1) is 0 Å². The van der Waals surface area contributed by atoms with Gasteiger partial charge in [-0.3, -0.25) is 4.79 Å². The Bertz CT molecular complexity index is 385. The van der Waals surface area contributed by atoms with Gasteiger partial charge in [0.05, 0.1) is 0 Å². The molecular formula is C18H36N2OS4. The Labute approximate surface area is 171 Å². The van der Waals surface area contributed by atoms with E-state index in [-0.39, 0.29) is 10.7 Å². The molecule has 0 aliphatic heterocycles. The van der Waals surface area contributed by atoms with Crippen LogP contribution in [0.4, 0.5) is 0 Å². The summed E-state index contributed by atoms with van der Waals surface area (Å²) in [5, 5.41) is 4.72. The molecule has 3 nitrogen and oxygen atoms in total. The van der Waals surface area contributed by atoms with Crippen LogP contribution in [0.25, 0.3) is 0 Å². The second kappa shape index (κ2) is 15.6. The predicted molar refractivity (Wildman–Crippen MR) is 124 cm³/mol. The number of rotatable bonds is 15. The molecule has 0 aromatic rings. The van der Waals surface area contributed by atoms with Crippen LogP contribution in [0.1, 0.15) is 80.1 Å². The molecule has 0 saturated heterocycles. The zero-order valence-corrected chi connectivity index (χ0v) is 20.0. The van der Waals surface area contributed by atoms with E-state index in [4.69, 9.17) is 0 Å². The van der Waals surface area contributed by atoms with Crippen LogP contribution in [0.3, 0.4) is 0 Å². The van der Waals surface area contributed by atoms with Crippen molar-refractivity contribution in [2.24, 2.45) is 5.10 Å². The van der Waals surface area contributed by atoms with Gasteiger partial charge < -0.3 is 0 Å². The number of hydrogen-bond acceptors (Lipinski definition) is 6. The zero-order chi connectivity index (χ0) is 19.1. The molecule has 0 heterocycles. The van der Waals surface area contributed by atoms with E-state index in [1.54, 1.807) is 0 Å². The largest absolute Gasteiger partial charge is 0.273 e. The molecule has 0 rings (SSSR count). The summed E-state index contributed by atoms with van der Waals surface area (Å²) in [5.74, 6) is 2.43. The molecule has 0 saturated carbocycles. The third-order valence-corrected chi connectivity index (χ3v) is 9.78. The molecule has 0 aliphatic carbocycles. The number of carbonyl (C=O) groups is 1. The highest BCUT2D eigenvalue weighted by atomic mass is 33.1. The van der Waals surface area contributed by atoms with Crippen LogP contribution in [0.15, 0.2) is 5.10 Å². The van der Waals surface area contributed by atoms with Gasteiger partial charge in [-0.2, -0.15) is 5.10 Å². The fourth-order valence-corrected chi connectivity index (χ4v) is 6.76. The molecule has 0 spiro atoms. The van der Waals surface area contributed by atoms with Gasteiger partial charge in [0.25, 0.3) is 0 Å². The van der Waals surface area contributed by atoms with E-state index in [2.05, 4.69) is 38.2 Å². The number of nitrogens with zero attached hydrogens (tertiary/aromatic N) is 1. The summed E-state index contributed by atoms with van der Waals surface area (Å²) >= 11 is 0. The molecule has 25 heavy (non-hydrogen) atoms. The van der Waals surface area contributed by atoms with E-state index >= 15 is 0 Å². The van der Waals surface area contributed by atoms with Crippen LogP contribution < -0.4 is 5.43 Å². The van der Waals surface area contributed by atoms with Crippen molar-refractivity contribution in [3.63, 3.8) is 0 Å². The summed E-state index contributed by atoms with van der Waals surface area (Å²) in [6.45, 7) is 12.9. The number of carbonyl (C=O) groups excluding carboxylic acids is 1. The van der Waals surface area contributed by atoms with Crippen molar-refractivity contribution in [3.8, 4) is 0 Å². The molecule has 148 valence electrons. The van der Waals surface area contributed by atoms with Crippen molar-refractivity contribution in [2.75, 3.05) is 11.5 Å². The van der Waals surface area contributed by atoms with Gasteiger partial charge in [-0.15, -0.1) is 0 Å². The Morgan fingerprint density at radius 2 is 1.88 bits per heavy atom. The van der Waals surface area contributed by atoms with E-state index < -0.39 is 0 Å². The van der Waals surface area contributed by atoms with Gasteiger partial charge in [0.2, 0.25) is 5.91 Å². The Balaban J connectivity index is 3.67. The monoisotopic (exact) mass is 424 g/mol. The lowest BCUT2D eigenvalue weighted by molar-refractivity contribution is -0.121. The number of nitrogens with one attached hydrogen (secondary N) is 1. The molecule has 0 aliphatic rings. The maximum Gasteiger partial charge on any atom is 0.240 e. The van der Waals surface area contributed by atoms with Crippen LogP contribution in [-0.4, -0.2) is 33.1 Å². The number of hydrogen-bond donors (Lipinski definition) is 1. The van der Waals surface area contributed by atoms with Crippen molar-refractivity contribution in [1.29, 1.82) is 0 Å². The lowest BCUT2D eigenvalue weighted by atomic mass is 10.1. The third-order valence-electron chi connectivity index (χ3n) is 3.31. The van der Waals surface area contributed by atoms with Crippen molar-refractivity contribution in [2.45, 2.75) is 90.1 Å². The first-order chi connectivity index (χ1) is 11.8. The van der Waals surface area contributed by atoms with Crippen LogP contribution in [0.5, 0.6) is 0 Å². The summed E-state index contributed by atoms with van der Waals surface area (Å²) in [5.41, 5.74) is 3.46. The molecule has 1 atom stereocenters. The first-order valence-electron chi connectivity index (χ1n) is 9.15.